The second-order valence-corrected chi connectivity index (χ2v) is 7.89. The minimum atomic E-state index is -0.420. The number of rotatable bonds is 5. The smallest absolute Gasteiger partial charge is 0.287 e. The van der Waals surface area contributed by atoms with Gasteiger partial charge in [-0.05, 0) is 55.3 Å². The maximum absolute atomic E-state index is 12.4. The monoisotopic (exact) mass is 410 g/mol. The summed E-state index contributed by atoms with van der Waals surface area (Å²) in [5.41, 5.74) is 2.33. The predicted octanol–water partition coefficient (Wildman–Crippen LogP) is 4.36. The molecule has 1 saturated heterocycles. The lowest BCUT2D eigenvalue weighted by atomic mass is 10.1. The van der Waals surface area contributed by atoms with Crippen LogP contribution in [0, 0.1) is 0 Å². The van der Waals surface area contributed by atoms with Crippen LogP contribution in [0.2, 0.25) is 5.02 Å². The molecule has 0 bridgehead atoms. The van der Waals surface area contributed by atoms with Crippen LogP contribution in [-0.2, 0) is 13.1 Å². The Balaban J connectivity index is 1.38. The summed E-state index contributed by atoms with van der Waals surface area (Å²) in [7, 11) is 0. The molecule has 2 heterocycles. The van der Waals surface area contributed by atoms with Gasteiger partial charge in [-0.15, -0.1) is 0 Å². The Morgan fingerprint density at radius 1 is 1.00 bits per heavy atom. The van der Waals surface area contributed by atoms with E-state index in [2.05, 4.69) is 22.3 Å². The van der Waals surface area contributed by atoms with Gasteiger partial charge in [0.2, 0.25) is 0 Å². The third kappa shape index (κ3) is 4.86. The molecular weight excluding hydrogens is 388 g/mol. The third-order valence-electron chi connectivity index (χ3n) is 5.24. The van der Waals surface area contributed by atoms with Crippen LogP contribution in [0.25, 0.3) is 11.0 Å². The van der Waals surface area contributed by atoms with E-state index in [1.165, 1.54) is 50.0 Å². The van der Waals surface area contributed by atoms with Crippen LogP contribution in [0.15, 0.2) is 57.7 Å². The fourth-order valence-corrected chi connectivity index (χ4v) is 3.82. The van der Waals surface area contributed by atoms with Gasteiger partial charge in [0.05, 0.1) is 5.39 Å². The Morgan fingerprint density at radius 2 is 1.72 bits per heavy atom. The Labute approximate surface area is 174 Å². The molecule has 0 unspecified atom stereocenters. The molecule has 0 saturated carbocycles. The number of piperidine rings is 1. The van der Waals surface area contributed by atoms with Crippen molar-refractivity contribution in [1.82, 2.24) is 10.2 Å². The number of carbonyl (C=O) groups is 1. The molecule has 150 valence electrons. The summed E-state index contributed by atoms with van der Waals surface area (Å²) in [6.07, 6.45) is 3.89. The number of amides is 1. The fourth-order valence-electron chi connectivity index (χ4n) is 3.65. The summed E-state index contributed by atoms with van der Waals surface area (Å²) in [4.78, 5) is 27.1. The molecule has 1 aromatic heterocycles. The second-order valence-electron chi connectivity index (χ2n) is 7.45. The summed E-state index contributed by atoms with van der Waals surface area (Å²) < 4.78 is 5.58. The van der Waals surface area contributed by atoms with Crippen molar-refractivity contribution in [3.63, 3.8) is 0 Å². The Morgan fingerprint density at radius 3 is 2.48 bits per heavy atom. The Bertz CT molecular complexity index is 1070. The van der Waals surface area contributed by atoms with Crippen molar-refractivity contribution in [2.24, 2.45) is 0 Å². The summed E-state index contributed by atoms with van der Waals surface area (Å²) >= 11 is 5.91. The van der Waals surface area contributed by atoms with Crippen LogP contribution in [0.4, 0.5) is 0 Å². The van der Waals surface area contributed by atoms with E-state index in [4.69, 9.17) is 16.0 Å². The first-order chi connectivity index (χ1) is 14.1. The van der Waals surface area contributed by atoms with Crippen LogP contribution < -0.4 is 10.7 Å². The first-order valence-electron chi connectivity index (χ1n) is 9.90. The molecule has 0 radical (unpaired) electrons. The van der Waals surface area contributed by atoms with E-state index in [1.807, 2.05) is 12.1 Å². The van der Waals surface area contributed by atoms with Gasteiger partial charge in [0.25, 0.3) is 5.91 Å². The van der Waals surface area contributed by atoms with Gasteiger partial charge in [-0.1, -0.05) is 42.3 Å². The van der Waals surface area contributed by atoms with Gasteiger partial charge < -0.3 is 9.73 Å². The molecular formula is C23H23ClN2O3. The molecule has 1 fully saturated rings. The van der Waals surface area contributed by atoms with Crippen molar-refractivity contribution in [3.05, 3.63) is 80.7 Å². The molecule has 1 aliphatic heterocycles. The van der Waals surface area contributed by atoms with E-state index in [1.54, 1.807) is 12.1 Å². The standard InChI is InChI=1S/C23H23ClN2O3/c24-18-8-9-21-19(12-18)20(27)13-22(29-21)23(28)25-14-16-4-6-17(7-5-16)15-26-10-2-1-3-11-26/h4-9,12-13H,1-3,10-11,14-15H2,(H,25,28). The number of fused-ring (bicyclic) bond motifs is 1. The van der Waals surface area contributed by atoms with E-state index in [0.29, 0.717) is 22.5 Å². The van der Waals surface area contributed by atoms with Crippen molar-refractivity contribution in [2.75, 3.05) is 13.1 Å². The molecule has 1 amide bonds. The fraction of sp³-hybridized carbons (Fsp3) is 0.304. The molecule has 1 aliphatic rings. The third-order valence-corrected chi connectivity index (χ3v) is 5.48. The van der Waals surface area contributed by atoms with Crippen molar-refractivity contribution < 1.29 is 9.21 Å². The van der Waals surface area contributed by atoms with Gasteiger partial charge in [-0.25, -0.2) is 0 Å². The van der Waals surface area contributed by atoms with Crippen molar-refractivity contribution in [3.8, 4) is 0 Å². The topological polar surface area (TPSA) is 62.6 Å². The lowest BCUT2D eigenvalue weighted by molar-refractivity contribution is 0.0923. The van der Waals surface area contributed by atoms with Gasteiger partial charge in [-0.2, -0.15) is 0 Å². The maximum Gasteiger partial charge on any atom is 0.287 e. The number of hydrogen-bond acceptors (Lipinski definition) is 4. The predicted molar refractivity (Wildman–Crippen MR) is 114 cm³/mol. The number of carbonyl (C=O) groups excluding carboxylic acids is 1. The molecule has 0 atom stereocenters. The number of halogens is 1. The van der Waals surface area contributed by atoms with E-state index >= 15 is 0 Å². The number of benzene rings is 2. The van der Waals surface area contributed by atoms with Gasteiger partial charge in [0.1, 0.15) is 5.58 Å². The zero-order valence-corrected chi connectivity index (χ0v) is 16.9. The summed E-state index contributed by atoms with van der Waals surface area (Å²) in [5, 5.41) is 3.62. The molecule has 0 spiro atoms. The number of hydrogen-bond donors (Lipinski definition) is 1. The number of likely N-dealkylation sites (tertiary alicyclic amines) is 1. The molecule has 2 aromatic carbocycles. The summed E-state index contributed by atoms with van der Waals surface area (Å²) in [6, 6.07) is 14.2. The van der Waals surface area contributed by atoms with E-state index in [0.717, 1.165) is 12.1 Å². The number of nitrogens with one attached hydrogen (secondary N) is 1. The van der Waals surface area contributed by atoms with Crippen LogP contribution in [0.5, 0.6) is 0 Å². The quantitative estimate of drug-likeness (QED) is 0.678. The highest BCUT2D eigenvalue weighted by molar-refractivity contribution is 6.31. The molecule has 1 N–H and O–H groups in total. The minimum absolute atomic E-state index is 0.00783. The lowest BCUT2D eigenvalue weighted by Gasteiger charge is -2.26. The van der Waals surface area contributed by atoms with Crippen molar-refractivity contribution in [2.45, 2.75) is 32.4 Å². The number of nitrogens with zero attached hydrogens (tertiary/aromatic N) is 1. The zero-order chi connectivity index (χ0) is 20.2. The van der Waals surface area contributed by atoms with Crippen LogP contribution in [0.3, 0.4) is 0 Å². The van der Waals surface area contributed by atoms with Crippen LogP contribution >= 0.6 is 11.6 Å². The van der Waals surface area contributed by atoms with Crippen molar-refractivity contribution >= 4 is 28.5 Å². The zero-order valence-electron chi connectivity index (χ0n) is 16.1. The first-order valence-corrected chi connectivity index (χ1v) is 10.3. The summed E-state index contributed by atoms with van der Waals surface area (Å²) in [6.45, 7) is 3.67. The average Bonchev–Trinajstić information content (AvgIpc) is 2.74. The Kier molecular flexibility index (Phi) is 5.97. The molecule has 29 heavy (non-hydrogen) atoms. The highest BCUT2D eigenvalue weighted by Gasteiger charge is 2.13. The highest BCUT2D eigenvalue weighted by atomic mass is 35.5. The van der Waals surface area contributed by atoms with E-state index in [-0.39, 0.29) is 11.2 Å². The molecule has 5 nitrogen and oxygen atoms in total. The summed E-state index contributed by atoms with van der Waals surface area (Å²) in [5.74, 6) is -0.428. The van der Waals surface area contributed by atoms with Gasteiger partial charge >= 0.3 is 0 Å². The van der Waals surface area contributed by atoms with E-state index in [9.17, 15) is 9.59 Å². The first kappa shape index (κ1) is 19.7. The lowest BCUT2D eigenvalue weighted by Crippen LogP contribution is -2.29. The SMILES string of the molecule is O=C(NCc1ccc(CN2CCCCC2)cc1)c1cc(=O)c2cc(Cl)ccc2o1. The molecule has 4 rings (SSSR count). The van der Waals surface area contributed by atoms with Crippen molar-refractivity contribution in [1.29, 1.82) is 0 Å². The molecule has 3 aromatic rings. The van der Waals surface area contributed by atoms with Crippen LogP contribution in [-0.4, -0.2) is 23.9 Å². The van der Waals surface area contributed by atoms with Gasteiger partial charge in [0, 0.05) is 24.2 Å². The second kappa shape index (κ2) is 8.80. The normalized spacial score (nSPS) is 14.8. The molecule has 0 aliphatic carbocycles. The minimum Gasteiger partial charge on any atom is -0.451 e. The van der Waals surface area contributed by atoms with Gasteiger partial charge in [0.15, 0.2) is 11.2 Å². The maximum atomic E-state index is 12.4. The molecule has 6 heteroatoms. The van der Waals surface area contributed by atoms with Crippen LogP contribution in [0.1, 0.15) is 40.9 Å². The average molecular weight is 411 g/mol. The van der Waals surface area contributed by atoms with E-state index < -0.39 is 5.91 Å². The highest BCUT2D eigenvalue weighted by Crippen LogP contribution is 2.18. The van der Waals surface area contributed by atoms with Gasteiger partial charge in [-0.3, -0.25) is 14.5 Å². The Hall–Kier alpha value is -2.63. The largest absolute Gasteiger partial charge is 0.451 e.